The minimum absolute atomic E-state index is 0.182. The van der Waals surface area contributed by atoms with Gasteiger partial charge in [-0.1, -0.05) is 38.7 Å². The number of hydrogen-bond acceptors (Lipinski definition) is 2. The first-order chi connectivity index (χ1) is 10.7. The molecule has 0 bridgehead atoms. The molecular formula is C20H34O2. The van der Waals surface area contributed by atoms with Gasteiger partial charge in [0.1, 0.15) is 0 Å². The molecule has 2 fully saturated rings. The van der Waals surface area contributed by atoms with Crippen molar-refractivity contribution in [3.05, 3.63) is 12.2 Å². The summed E-state index contributed by atoms with van der Waals surface area (Å²) in [6, 6.07) is 0. The van der Waals surface area contributed by atoms with Crippen molar-refractivity contribution < 1.29 is 9.53 Å². The normalized spacial score (nSPS) is 33.0. The van der Waals surface area contributed by atoms with Gasteiger partial charge < -0.3 is 4.74 Å². The molecular weight excluding hydrogens is 272 g/mol. The summed E-state index contributed by atoms with van der Waals surface area (Å²) in [6.07, 6.45) is 17.7. The summed E-state index contributed by atoms with van der Waals surface area (Å²) < 4.78 is 4.95. The number of rotatable bonds is 6. The molecule has 0 radical (unpaired) electrons. The Kier molecular flexibility index (Phi) is 7.48. The molecule has 0 amide bonds. The van der Waals surface area contributed by atoms with Gasteiger partial charge in [0, 0.05) is 6.08 Å². The van der Waals surface area contributed by atoms with Crippen LogP contribution in [0.4, 0.5) is 0 Å². The van der Waals surface area contributed by atoms with Gasteiger partial charge in [0.25, 0.3) is 0 Å². The van der Waals surface area contributed by atoms with Crippen molar-refractivity contribution in [3.8, 4) is 0 Å². The van der Waals surface area contributed by atoms with Gasteiger partial charge >= 0.3 is 5.97 Å². The van der Waals surface area contributed by atoms with Gasteiger partial charge in [0.15, 0.2) is 0 Å². The second-order valence-electron chi connectivity index (χ2n) is 7.36. The quantitative estimate of drug-likeness (QED) is 0.477. The summed E-state index contributed by atoms with van der Waals surface area (Å²) in [4.78, 5) is 11.4. The van der Waals surface area contributed by atoms with E-state index in [1.807, 2.05) is 6.92 Å². The molecule has 2 aliphatic rings. The molecule has 0 unspecified atom stereocenters. The summed E-state index contributed by atoms with van der Waals surface area (Å²) in [6.45, 7) is 4.64. The number of hydrogen-bond donors (Lipinski definition) is 0. The summed E-state index contributed by atoms with van der Waals surface area (Å²) in [5, 5.41) is 0. The Morgan fingerprint density at radius 2 is 1.55 bits per heavy atom. The molecule has 0 saturated heterocycles. The van der Waals surface area contributed by atoms with E-state index in [1.165, 1.54) is 64.2 Å². The van der Waals surface area contributed by atoms with Crippen molar-refractivity contribution in [2.24, 2.45) is 23.7 Å². The van der Waals surface area contributed by atoms with Gasteiger partial charge in [-0.2, -0.15) is 0 Å². The first-order valence-electron chi connectivity index (χ1n) is 9.57. The van der Waals surface area contributed by atoms with Crippen molar-refractivity contribution in [1.82, 2.24) is 0 Å². The highest BCUT2D eigenvalue weighted by Gasteiger charge is 2.30. The van der Waals surface area contributed by atoms with Crippen LogP contribution in [0.15, 0.2) is 12.2 Å². The van der Waals surface area contributed by atoms with Crippen LogP contribution in [0.2, 0.25) is 0 Å². The molecule has 2 saturated carbocycles. The van der Waals surface area contributed by atoms with Crippen LogP contribution in [0.3, 0.4) is 0 Å². The van der Waals surface area contributed by atoms with Gasteiger partial charge in [-0.05, 0) is 69.1 Å². The minimum Gasteiger partial charge on any atom is -0.463 e. The van der Waals surface area contributed by atoms with Crippen LogP contribution >= 0.6 is 0 Å². The molecule has 0 aliphatic heterocycles. The lowest BCUT2D eigenvalue weighted by molar-refractivity contribution is -0.137. The minimum atomic E-state index is -0.182. The Bertz CT molecular complexity index is 345. The van der Waals surface area contributed by atoms with E-state index in [2.05, 4.69) is 13.0 Å². The number of carbonyl (C=O) groups excluding carboxylic acids is 1. The molecule has 2 rings (SSSR count). The summed E-state index contributed by atoms with van der Waals surface area (Å²) in [5.41, 5.74) is 0. The Hall–Kier alpha value is -0.790. The van der Waals surface area contributed by atoms with Crippen LogP contribution in [0.5, 0.6) is 0 Å². The Morgan fingerprint density at radius 1 is 0.955 bits per heavy atom. The molecule has 0 aromatic rings. The van der Waals surface area contributed by atoms with E-state index in [9.17, 15) is 4.79 Å². The van der Waals surface area contributed by atoms with Crippen LogP contribution in [-0.2, 0) is 9.53 Å². The molecule has 0 aromatic heterocycles. The summed E-state index contributed by atoms with van der Waals surface area (Å²) in [7, 11) is 0. The molecule has 2 heteroatoms. The van der Waals surface area contributed by atoms with Crippen LogP contribution in [0.25, 0.3) is 0 Å². The predicted octanol–water partition coefficient (Wildman–Crippen LogP) is 5.52. The third-order valence-electron chi connectivity index (χ3n) is 5.86. The van der Waals surface area contributed by atoms with Crippen molar-refractivity contribution in [2.45, 2.75) is 78.1 Å². The fourth-order valence-corrected chi connectivity index (χ4v) is 4.57. The maximum Gasteiger partial charge on any atom is 0.330 e. The topological polar surface area (TPSA) is 26.3 Å². The number of allylic oxidation sites excluding steroid dienone is 1. The zero-order valence-corrected chi connectivity index (χ0v) is 14.6. The van der Waals surface area contributed by atoms with Gasteiger partial charge in [-0.25, -0.2) is 4.79 Å². The van der Waals surface area contributed by atoms with Gasteiger partial charge in [0.05, 0.1) is 6.61 Å². The van der Waals surface area contributed by atoms with Crippen LogP contribution in [0.1, 0.15) is 78.1 Å². The zero-order chi connectivity index (χ0) is 15.8. The summed E-state index contributed by atoms with van der Waals surface area (Å²) in [5.74, 6) is 3.37. The van der Waals surface area contributed by atoms with E-state index in [0.717, 1.165) is 17.8 Å². The maximum absolute atomic E-state index is 11.4. The zero-order valence-electron chi connectivity index (χ0n) is 14.6. The second-order valence-corrected chi connectivity index (χ2v) is 7.36. The first-order valence-corrected chi connectivity index (χ1v) is 9.57. The second kappa shape index (κ2) is 9.37. The van der Waals surface area contributed by atoms with E-state index in [-0.39, 0.29) is 5.97 Å². The van der Waals surface area contributed by atoms with Crippen molar-refractivity contribution >= 4 is 5.97 Å². The smallest absolute Gasteiger partial charge is 0.330 e. The Labute approximate surface area is 136 Å². The number of ether oxygens (including phenoxy) is 1. The molecule has 0 heterocycles. The summed E-state index contributed by atoms with van der Waals surface area (Å²) >= 11 is 0. The third-order valence-corrected chi connectivity index (χ3v) is 5.86. The highest BCUT2D eigenvalue weighted by Crippen LogP contribution is 2.42. The van der Waals surface area contributed by atoms with Crippen LogP contribution < -0.4 is 0 Å². The fraction of sp³-hybridized carbons (Fsp3) is 0.850. The van der Waals surface area contributed by atoms with Crippen molar-refractivity contribution in [2.75, 3.05) is 6.61 Å². The lowest BCUT2D eigenvalue weighted by atomic mass is 9.69. The monoisotopic (exact) mass is 306 g/mol. The molecule has 2 aliphatic carbocycles. The van der Waals surface area contributed by atoms with Gasteiger partial charge in [-0.15, -0.1) is 0 Å². The standard InChI is InChI=1S/C20H34O2/c1-3-5-16-6-11-18(12-7-16)19-13-8-17(9-14-19)10-15-20(21)22-4-2/h10,15-19H,3-9,11-14H2,1-2H3/b15-10+/t16-,17?,18-,19?. The van der Waals surface area contributed by atoms with E-state index < -0.39 is 0 Å². The molecule has 0 N–H and O–H groups in total. The number of carbonyl (C=O) groups is 1. The molecule has 2 nitrogen and oxygen atoms in total. The first kappa shape index (κ1) is 17.6. The predicted molar refractivity (Wildman–Crippen MR) is 91.6 cm³/mol. The van der Waals surface area contributed by atoms with Crippen molar-refractivity contribution in [3.63, 3.8) is 0 Å². The van der Waals surface area contributed by atoms with Gasteiger partial charge in [-0.3, -0.25) is 0 Å². The third kappa shape index (κ3) is 5.44. The largest absolute Gasteiger partial charge is 0.463 e. The van der Waals surface area contributed by atoms with E-state index in [4.69, 9.17) is 4.74 Å². The van der Waals surface area contributed by atoms with E-state index in [1.54, 1.807) is 6.08 Å². The van der Waals surface area contributed by atoms with Crippen LogP contribution in [-0.4, -0.2) is 12.6 Å². The lowest BCUT2D eigenvalue weighted by Gasteiger charge is -2.37. The molecule has 126 valence electrons. The van der Waals surface area contributed by atoms with Gasteiger partial charge in [0.2, 0.25) is 0 Å². The fourth-order valence-electron chi connectivity index (χ4n) is 4.57. The molecule has 22 heavy (non-hydrogen) atoms. The van der Waals surface area contributed by atoms with E-state index in [0.29, 0.717) is 12.5 Å². The maximum atomic E-state index is 11.4. The average Bonchev–Trinajstić information content (AvgIpc) is 2.55. The average molecular weight is 306 g/mol. The molecule has 0 spiro atoms. The Morgan fingerprint density at radius 3 is 2.09 bits per heavy atom. The Balaban J connectivity index is 1.68. The highest BCUT2D eigenvalue weighted by molar-refractivity contribution is 5.81. The van der Waals surface area contributed by atoms with Crippen LogP contribution in [0, 0.1) is 23.7 Å². The SMILES string of the molecule is CCC[C@H]1CC[C@H](C2CCC(/C=C/C(=O)OCC)CC2)CC1. The highest BCUT2D eigenvalue weighted by atomic mass is 16.5. The molecule has 0 aromatic carbocycles. The number of esters is 1. The van der Waals surface area contributed by atoms with Crippen molar-refractivity contribution in [1.29, 1.82) is 0 Å². The molecule has 0 atom stereocenters. The lowest BCUT2D eigenvalue weighted by Crippen LogP contribution is -2.25. The van der Waals surface area contributed by atoms with E-state index >= 15 is 0 Å².